The van der Waals surface area contributed by atoms with Gasteiger partial charge in [-0.25, -0.2) is 4.79 Å². The lowest BCUT2D eigenvalue weighted by molar-refractivity contribution is -0.128. The minimum Gasteiger partial charge on any atom is -0.467 e. The van der Waals surface area contributed by atoms with Crippen LogP contribution in [0.15, 0.2) is 22.8 Å². The standard InChI is InChI=1S/C20H30N4O4/c1-19(2)10-13(11-20(3,4)23-19)21-16(25)8-7-15-17(26)24(18(27)22-15)12-14-6-5-9-28-14/h5-6,9,13,15,23H,7-8,10-12H2,1-4H3,(H,21,25)(H,22,27)/t15-/m1/s1. The molecule has 3 rings (SSSR count). The number of urea groups is 1. The molecular formula is C20H30N4O4. The van der Waals surface area contributed by atoms with Crippen molar-refractivity contribution in [2.45, 2.75) is 83.1 Å². The summed E-state index contributed by atoms with van der Waals surface area (Å²) < 4.78 is 5.20. The molecule has 0 bridgehead atoms. The first-order chi connectivity index (χ1) is 13.0. The zero-order chi connectivity index (χ0) is 20.5. The second kappa shape index (κ2) is 7.58. The molecule has 1 aromatic rings. The van der Waals surface area contributed by atoms with Crippen molar-refractivity contribution in [3.63, 3.8) is 0 Å². The van der Waals surface area contributed by atoms with E-state index < -0.39 is 12.1 Å². The van der Waals surface area contributed by atoms with Gasteiger partial charge in [0.25, 0.3) is 5.91 Å². The summed E-state index contributed by atoms with van der Waals surface area (Å²) in [7, 11) is 0. The number of furan rings is 1. The average molecular weight is 390 g/mol. The Hall–Kier alpha value is -2.35. The average Bonchev–Trinajstić information content (AvgIpc) is 3.14. The van der Waals surface area contributed by atoms with E-state index in [2.05, 4.69) is 43.6 Å². The number of amides is 4. The van der Waals surface area contributed by atoms with Gasteiger partial charge < -0.3 is 20.4 Å². The fourth-order valence-electron chi connectivity index (χ4n) is 4.48. The molecular weight excluding hydrogens is 360 g/mol. The van der Waals surface area contributed by atoms with Crippen LogP contribution in [0.5, 0.6) is 0 Å². The summed E-state index contributed by atoms with van der Waals surface area (Å²) in [5.74, 6) is 0.126. The van der Waals surface area contributed by atoms with Crippen LogP contribution in [0.1, 0.15) is 59.1 Å². The van der Waals surface area contributed by atoms with Crippen LogP contribution in [0.4, 0.5) is 4.79 Å². The highest BCUT2D eigenvalue weighted by atomic mass is 16.3. The molecule has 1 atom stereocenters. The van der Waals surface area contributed by atoms with Crippen LogP contribution in [-0.2, 0) is 16.1 Å². The Morgan fingerprint density at radius 3 is 2.54 bits per heavy atom. The molecule has 2 aliphatic rings. The first-order valence-corrected chi connectivity index (χ1v) is 9.78. The minimum atomic E-state index is -0.672. The van der Waals surface area contributed by atoms with Gasteiger partial charge in [-0.1, -0.05) is 0 Å². The van der Waals surface area contributed by atoms with Crippen molar-refractivity contribution < 1.29 is 18.8 Å². The molecule has 4 amide bonds. The topological polar surface area (TPSA) is 104 Å². The van der Waals surface area contributed by atoms with Gasteiger partial charge in [0.2, 0.25) is 5.91 Å². The zero-order valence-electron chi connectivity index (χ0n) is 17.0. The van der Waals surface area contributed by atoms with Crippen LogP contribution in [0.3, 0.4) is 0 Å². The third kappa shape index (κ3) is 4.92. The number of nitrogens with zero attached hydrogens (tertiary/aromatic N) is 1. The van der Waals surface area contributed by atoms with Gasteiger partial charge in [0.15, 0.2) is 0 Å². The molecule has 3 heterocycles. The summed E-state index contributed by atoms with van der Waals surface area (Å²) >= 11 is 0. The Labute approximate surface area is 165 Å². The molecule has 8 heteroatoms. The van der Waals surface area contributed by atoms with Crippen molar-refractivity contribution in [1.82, 2.24) is 20.9 Å². The number of nitrogens with one attached hydrogen (secondary N) is 3. The van der Waals surface area contributed by atoms with Crippen molar-refractivity contribution in [3.8, 4) is 0 Å². The molecule has 2 fully saturated rings. The summed E-state index contributed by atoms with van der Waals surface area (Å²) in [6.07, 6.45) is 3.66. The third-order valence-electron chi connectivity index (χ3n) is 5.22. The summed E-state index contributed by atoms with van der Waals surface area (Å²) in [6, 6.07) is 2.38. The highest BCUT2D eigenvalue weighted by molar-refractivity contribution is 6.04. The van der Waals surface area contributed by atoms with E-state index in [1.54, 1.807) is 12.1 Å². The van der Waals surface area contributed by atoms with Crippen LogP contribution < -0.4 is 16.0 Å². The van der Waals surface area contributed by atoms with E-state index >= 15 is 0 Å². The lowest BCUT2D eigenvalue weighted by Crippen LogP contribution is -2.62. The first kappa shape index (κ1) is 20.4. The predicted molar refractivity (Wildman–Crippen MR) is 103 cm³/mol. The number of hydrogen-bond donors (Lipinski definition) is 3. The fourth-order valence-corrected chi connectivity index (χ4v) is 4.48. The van der Waals surface area contributed by atoms with Gasteiger partial charge in [-0.15, -0.1) is 0 Å². The van der Waals surface area contributed by atoms with Crippen molar-refractivity contribution in [1.29, 1.82) is 0 Å². The Kier molecular flexibility index (Phi) is 5.52. The molecule has 0 spiro atoms. The molecule has 0 aromatic carbocycles. The summed E-state index contributed by atoms with van der Waals surface area (Å²) in [5.41, 5.74) is -0.108. The molecule has 0 unspecified atom stereocenters. The molecule has 0 radical (unpaired) electrons. The van der Waals surface area contributed by atoms with Crippen LogP contribution in [0.25, 0.3) is 0 Å². The van der Waals surface area contributed by atoms with E-state index in [0.717, 1.165) is 17.7 Å². The molecule has 0 saturated carbocycles. The Morgan fingerprint density at radius 2 is 1.93 bits per heavy atom. The van der Waals surface area contributed by atoms with Crippen molar-refractivity contribution in [2.75, 3.05) is 0 Å². The maximum atomic E-state index is 12.5. The Morgan fingerprint density at radius 1 is 1.25 bits per heavy atom. The maximum absolute atomic E-state index is 12.5. The van der Waals surface area contributed by atoms with Gasteiger partial charge >= 0.3 is 6.03 Å². The summed E-state index contributed by atoms with van der Waals surface area (Å²) in [4.78, 5) is 38.1. The summed E-state index contributed by atoms with van der Waals surface area (Å²) in [5, 5.41) is 9.34. The van der Waals surface area contributed by atoms with Gasteiger partial charge in [0, 0.05) is 23.5 Å². The quantitative estimate of drug-likeness (QED) is 0.644. The highest BCUT2D eigenvalue weighted by Crippen LogP contribution is 2.28. The largest absolute Gasteiger partial charge is 0.467 e. The zero-order valence-corrected chi connectivity index (χ0v) is 17.0. The lowest BCUT2D eigenvalue weighted by atomic mass is 9.79. The van der Waals surface area contributed by atoms with Crippen molar-refractivity contribution in [2.24, 2.45) is 0 Å². The van der Waals surface area contributed by atoms with E-state index in [-0.39, 0.29) is 48.3 Å². The molecule has 154 valence electrons. The number of rotatable bonds is 6. The van der Waals surface area contributed by atoms with Crippen LogP contribution >= 0.6 is 0 Å². The van der Waals surface area contributed by atoms with E-state index in [9.17, 15) is 14.4 Å². The fraction of sp³-hybridized carbons (Fsp3) is 0.650. The van der Waals surface area contributed by atoms with Gasteiger partial charge in [0.05, 0.1) is 12.8 Å². The number of hydrogen-bond acceptors (Lipinski definition) is 5. The first-order valence-electron chi connectivity index (χ1n) is 9.78. The van der Waals surface area contributed by atoms with Crippen molar-refractivity contribution in [3.05, 3.63) is 24.2 Å². The van der Waals surface area contributed by atoms with E-state index in [0.29, 0.717) is 5.76 Å². The normalized spacial score (nSPS) is 24.3. The lowest BCUT2D eigenvalue weighted by Gasteiger charge is -2.46. The summed E-state index contributed by atoms with van der Waals surface area (Å²) in [6.45, 7) is 8.63. The van der Waals surface area contributed by atoms with Gasteiger partial charge in [-0.05, 0) is 59.1 Å². The molecule has 3 N–H and O–H groups in total. The number of imide groups is 1. The monoisotopic (exact) mass is 390 g/mol. The highest BCUT2D eigenvalue weighted by Gasteiger charge is 2.40. The second-order valence-corrected chi connectivity index (χ2v) is 9.11. The van der Waals surface area contributed by atoms with E-state index in [1.165, 1.54) is 6.26 Å². The Balaban J connectivity index is 1.49. The minimum absolute atomic E-state index is 0.0541. The van der Waals surface area contributed by atoms with Gasteiger partial charge in [-0.3, -0.25) is 14.5 Å². The smallest absolute Gasteiger partial charge is 0.325 e. The Bertz CT molecular complexity index is 725. The maximum Gasteiger partial charge on any atom is 0.325 e. The van der Waals surface area contributed by atoms with Crippen molar-refractivity contribution >= 4 is 17.8 Å². The van der Waals surface area contributed by atoms with Crippen LogP contribution in [0, 0.1) is 0 Å². The molecule has 2 aliphatic heterocycles. The van der Waals surface area contributed by atoms with E-state index in [4.69, 9.17) is 4.42 Å². The van der Waals surface area contributed by atoms with Crippen LogP contribution in [0.2, 0.25) is 0 Å². The number of carbonyl (C=O) groups excluding carboxylic acids is 3. The number of carbonyl (C=O) groups is 3. The third-order valence-corrected chi connectivity index (χ3v) is 5.22. The van der Waals surface area contributed by atoms with Crippen LogP contribution in [-0.4, -0.2) is 45.9 Å². The number of piperidine rings is 1. The molecule has 28 heavy (non-hydrogen) atoms. The molecule has 2 saturated heterocycles. The molecule has 8 nitrogen and oxygen atoms in total. The SMILES string of the molecule is CC1(C)CC(NC(=O)CC[C@H]2NC(=O)N(Cc3ccco3)C2=O)CC(C)(C)N1. The molecule has 1 aromatic heterocycles. The predicted octanol–water partition coefficient (Wildman–Crippen LogP) is 1.91. The van der Waals surface area contributed by atoms with E-state index in [1.807, 2.05) is 0 Å². The second-order valence-electron chi connectivity index (χ2n) is 9.11. The van der Waals surface area contributed by atoms with Gasteiger partial charge in [0.1, 0.15) is 11.8 Å². The van der Waals surface area contributed by atoms with Gasteiger partial charge in [-0.2, -0.15) is 0 Å². The molecule has 0 aliphatic carbocycles.